The topological polar surface area (TPSA) is 76.9 Å². The first kappa shape index (κ1) is 17.6. The molecule has 0 saturated carbocycles. The van der Waals surface area contributed by atoms with Gasteiger partial charge in [-0.15, -0.1) is 0 Å². The Kier molecular flexibility index (Phi) is 4.68. The summed E-state index contributed by atoms with van der Waals surface area (Å²) >= 11 is 0. The molecule has 0 aliphatic carbocycles. The van der Waals surface area contributed by atoms with Crippen molar-refractivity contribution >= 4 is 22.5 Å². The molecule has 4 rings (SSSR count). The number of carbonyl (C=O) groups is 1. The van der Waals surface area contributed by atoms with E-state index in [-0.39, 0.29) is 18.0 Å². The average molecular weight is 370 g/mol. The number of hydrogen-bond donors (Lipinski definition) is 1. The number of pyridine rings is 1. The number of amides is 1. The van der Waals surface area contributed by atoms with Crippen molar-refractivity contribution in [3.63, 3.8) is 0 Å². The highest BCUT2D eigenvalue weighted by molar-refractivity contribution is 5.95. The molecule has 0 bridgehead atoms. The van der Waals surface area contributed by atoms with Gasteiger partial charge in [0, 0.05) is 17.3 Å². The maximum absolute atomic E-state index is 12.4. The van der Waals surface area contributed by atoms with Gasteiger partial charge in [-0.2, -0.15) is 5.10 Å². The van der Waals surface area contributed by atoms with E-state index in [1.54, 1.807) is 12.1 Å². The molecule has 4 aromatic rings. The van der Waals surface area contributed by atoms with E-state index in [0.29, 0.717) is 11.5 Å². The van der Waals surface area contributed by atoms with E-state index in [4.69, 9.17) is 0 Å². The number of benzene rings is 2. The van der Waals surface area contributed by atoms with Crippen molar-refractivity contribution in [3.05, 3.63) is 88.8 Å². The Hall–Kier alpha value is -3.80. The number of hydrogen-bond acceptors (Lipinski definition) is 4. The molecular formula is C22H18N4O2. The van der Waals surface area contributed by atoms with Crippen LogP contribution in [0.1, 0.15) is 5.69 Å². The molecule has 0 spiro atoms. The molecule has 28 heavy (non-hydrogen) atoms. The minimum atomic E-state index is -0.359. The quantitative estimate of drug-likeness (QED) is 0.597. The highest BCUT2D eigenvalue weighted by Gasteiger charge is 2.10. The van der Waals surface area contributed by atoms with E-state index in [1.807, 2.05) is 61.5 Å². The predicted octanol–water partition coefficient (Wildman–Crippen LogP) is 3.41. The van der Waals surface area contributed by atoms with E-state index >= 15 is 0 Å². The fraction of sp³-hybridized carbons (Fsp3) is 0.0909. The first-order chi connectivity index (χ1) is 13.6. The van der Waals surface area contributed by atoms with E-state index in [1.165, 1.54) is 10.7 Å². The molecule has 0 saturated heterocycles. The van der Waals surface area contributed by atoms with Crippen molar-refractivity contribution in [2.75, 3.05) is 5.32 Å². The van der Waals surface area contributed by atoms with Crippen LogP contribution < -0.4 is 10.9 Å². The Morgan fingerprint density at radius 3 is 2.61 bits per heavy atom. The van der Waals surface area contributed by atoms with Gasteiger partial charge in [0.05, 0.1) is 5.69 Å². The summed E-state index contributed by atoms with van der Waals surface area (Å²) in [7, 11) is 0. The summed E-state index contributed by atoms with van der Waals surface area (Å²) in [6.45, 7) is 1.66. The predicted molar refractivity (Wildman–Crippen MR) is 109 cm³/mol. The lowest BCUT2D eigenvalue weighted by molar-refractivity contribution is -0.117. The molecule has 1 N–H and O–H groups in total. The summed E-state index contributed by atoms with van der Waals surface area (Å²) in [5.41, 5.74) is 2.01. The van der Waals surface area contributed by atoms with Gasteiger partial charge >= 0.3 is 0 Å². The highest BCUT2D eigenvalue weighted by atomic mass is 16.2. The van der Waals surface area contributed by atoms with Crippen molar-refractivity contribution < 1.29 is 4.79 Å². The second-order valence-corrected chi connectivity index (χ2v) is 6.45. The Bertz CT molecular complexity index is 1230. The van der Waals surface area contributed by atoms with Crippen molar-refractivity contribution in [1.29, 1.82) is 0 Å². The van der Waals surface area contributed by atoms with Crippen molar-refractivity contribution in [2.45, 2.75) is 13.5 Å². The van der Waals surface area contributed by atoms with Crippen LogP contribution in [0.15, 0.2) is 77.6 Å². The molecule has 1 amide bonds. The second kappa shape index (κ2) is 7.44. The molecule has 0 radical (unpaired) electrons. The van der Waals surface area contributed by atoms with Gasteiger partial charge in [-0.3, -0.25) is 9.59 Å². The molecule has 0 fully saturated rings. The summed E-state index contributed by atoms with van der Waals surface area (Å²) in [5, 5.41) is 9.24. The van der Waals surface area contributed by atoms with Crippen LogP contribution in [-0.2, 0) is 11.3 Å². The van der Waals surface area contributed by atoms with Crippen LogP contribution in [0.25, 0.3) is 22.0 Å². The van der Waals surface area contributed by atoms with Gasteiger partial charge in [0.2, 0.25) is 5.91 Å². The van der Waals surface area contributed by atoms with Gasteiger partial charge < -0.3 is 5.32 Å². The third-order valence-electron chi connectivity index (χ3n) is 4.38. The summed E-state index contributed by atoms with van der Waals surface area (Å²) in [5.74, 6) is 0.0889. The smallest absolute Gasteiger partial charge is 0.267 e. The number of aromatic nitrogens is 3. The van der Waals surface area contributed by atoms with E-state index in [9.17, 15) is 9.59 Å². The monoisotopic (exact) mass is 370 g/mol. The first-order valence-electron chi connectivity index (χ1n) is 8.90. The van der Waals surface area contributed by atoms with Crippen molar-refractivity contribution in [3.8, 4) is 11.3 Å². The Morgan fingerprint density at radius 1 is 0.964 bits per heavy atom. The zero-order valence-electron chi connectivity index (χ0n) is 15.3. The van der Waals surface area contributed by atoms with E-state index in [2.05, 4.69) is 15.4 Å². The summed E-state index contributed by atoms with van der Waals surface area (Å²) < 4.78 is 1.17. The molecule has 0 aliphatic rings. The lowest BCUT2D eigenvalue weighted by atomic mass is 10.0. The molecule has 6 nitrogen and oxygen atoms in total. The molecular weight excluding hydrogens is 352 g/mol. The van der Waals surface area contributed by atoms with Gasteiger partial charge in [0.25, 0.3) is 5.56 Å². The highest BCUT2D eigenvalue weighted by Crippen LogP contribution is 2.26. The normalized spacial score (nSPS) is 10.8. The molecule has 0 atom stereocenters. The average Bonchev–Trinajstić information content (AvgIpc) is 2.69. The molecule has 0 unspecified atom stereocenters. The molecule has 2 heterocycles. The third-order valence-corrected chi connectivity index (χ3v) is 4.38. The number of aryl methyl sites for hydroxylation is 1. The number of rotatable bonds is 4. The summed E-state index contributed by atoms with van der Waals surface area (Å²) in [6.07, 6.45) is 0. The van der Waals surface area contributed by atoms with E-state index in [0.717, 1.165) is 22.0 Å². The number of nitrogens with zero attached hydrogens (tertiary/aromatic N) is 3. The van der Waals surface area contributed by atoms with Gasteiger partial charge in [-0.25, -0.2) is 9.67 Å². The summed E-state index contributed by atoms with van der Waals surface area (Å²) in [6, 6.07) is 22.4. The number of carbonyl (C=O) groups excluding carboxylic acids is 1. The van der Waals surface area contributed by atoms with Crippen LogP contribution in [0.3, 0.4) is 0 Å². The molecule has 0 aliphatic heterocycles. The number of fused-ring (bicyclic) bond motifs is 1. The SMILES string of the molecule is Cc1cccc(NC(=O)Cn2nc(-c3cccc4ccccc34)ccc2=O)n1. The molecule has 2 aromatic carbocycles. The third kappa shape index (κ3) is 3.66. The Morgan fingerprint density at radius 2 is 1.75 bits per heavy atom. The number of nitrogens with one attached hydrogen (secondary N) is 1. The van der Waals surface area contributed by atoms with Crippen molar-refractivity contribution in [1.82, 2.24) is 14.8 Å². The molecule has 2 aromatic heterocycles. The number of anilines is 1. The van der Waals surface area contributed by atoms with Crippen LogP contribution in [0.2, 0.25) is 0 Å². The lowest BCUT2D eigenvalue weighted by Gasteiger charge is -2.10. The first-order valence-corrected chi connectivity index (χ1v) is 8.90. The van der Waals surface area contributed by atoms with Crippen LogP contribution >= 0.6 is 0 Å². The van der Waals surface area contributed by atoms with Gasteiger partial charge in [-0.05, 0) is 35.9 Å². The zero-order chi connectivity index (χ0) is 19.5. The van der Waals surface area contributed by atoms with Gasteiger partial charge in [-0.1, -0.05) is 48.5 Å². The van der Waals surface area contributed by atoms with Crippen molar-refractivity contribution in [2.24, 2.45) is 0 Å². The van der Waals surface area contributed by atoms with Crippen LogP contribution in [0.5, 0.6) is 0 Å². The largest absolute Gasteiger partial charge is 0.309 e. The minimum Gasteiger partial charge on any atom is -0.309 e. The summed E-state index contributed by atoms with van der Waals surface area (Å²) in [4.78, 5) is 28.8. The second-order valence-electron chi connectivity index (χ2n) is 6.45. The zero-order valence-corrected chi connectivity index (χ0v) is 15.3. The maximum atomic E-state index is 12.4. The Balaban J connectivity index is 1.64. The molecule has 6 heteroatoms. The van der Waals surface area contributed by atoms with Crippen LogP contribution in [0, 0.1) is 6.92 Å². The van der Waals surface area contributed by atoms with Crippen LogP contribution in [0.4, 0.5) is 5.82 Å². The lowest BCUT2D eigenvalue weighted by Crippen LogP contribution is -2.29. The minimum absolute atomic E-state index is 0.187. The fourth-order valence-corrected chi connectivity index (χ4v) is 3.09. The van der Waals surface area contributed by atoms with E-state index < -0.39 is 0 Å². The fourth-order valence-electron chi connectivity index (χ4n) is 3.09. The Labute approximate surface area is 161 Å². The molecule has 138 valence electrons. The van der Waals surface area contributed by atoms with Crippen LogP contribution in [-0.4, -0.2) is 20.7 Å². The van der Waals surface area contributed by atoms with Gasteiger partial charge in [0.15, 0.2) is 0 Å². The van der Waals surface area contributed by atoms with Gasteiger partial charge in [0.1, 0.15) is 12.4 Å². The standard InChI is InChI=1S/C22H18N4O2/c1-15-6-4-11-20(23-15)24-21(27)14-26-22(28)13-12-19(25-26)18-10-5-8-16-7-2-3-9-17(16)18/h2-13H,14H2,1H3,(H,23,24,27). The maximum Gasteiger partial charge on any atom is 0.267 e.